The van der Waals surface area contributed by atoms with Gasteiger partial charge in [-0.2, -0.15) is 0 Å². The molecular formula is C22H18O. The Morgan fingerprint density at radius 2 is 1.30 bits per heavy atom. The van der Waals surface area contributed by atoms with Crippen molar-refractivity contribution >= 4 is 6.08 Å². The van der Waals surface area contributed by atoms with Crippen LogP contribution >= 0.6 is 0 Å². The first-order valence-electron chi connectivity index (χ1n) is 7.91. The molecule has 0 radical (unpaired) electrons. The summed E-state index contributed by atoms with van der Waals surface area (Å²) in [6.07, 6.45) is 4.23. The molecule has 1 N–H and O–H groups in total. The standard InChI is InChI=1S/C22H18O/c23-22(19-12-5-2-6-13-19)20-14-8-7-11-18(20)15-16-21(22)17-9-3-1-4-10-17/h1-16,21,23H/t21-,22-/m1/s1. The molecule has 1 aliphatic rings. The Balaban J connectivity index is 1.97. The van der Waals surface area contributed by atoms with E-state index in [0.29, 0.717) is 0 Å². The maximum Gasteiger partial charge on any atom is 0.125 e. The van der Waals surface area contributed by atoms with E-state index in [1.54, 1.807) is 0 Å². The van der Waals surface area contributed by atoms with E-state index >= 15 is 0 Å². The van der Waals surface area contributed by atoms with Crippen LogP contribution in [-0.2, 0) is 5.60 Å². The van der Waals surface area contributed by atoms with E-state index in [0.717, 1.165) is 22.3 Å². The van der Waals surface area contributed by atoms with E-state index in [1.165, 1.54) is 0 Å². The third-order valence-electron chi connectivity index (χ3n) is 4.66. The van der Waals surface area contributed by atoms with E-state index in [1.807, 2.05) is 66.7 Å². The normalized spacial score (nSPS) is 22.6. The molecular weight excluding hydrogens is 280 g/mol. The zero-order chi connectivity index (χ0) is 15.7. The number of aliphatic hydroxyl groups is 1. The third-order valence-corrected chi connectivity index (χ3v) is 4.66. The maximum atomic E-state index is 11.9. The summed E-state index contributed by atoms with van der Waals surface area (Å²) in [7, 11) is 0. The van der Waals surface area contributed by atoms with Gasteiger partial charge in [0.15, 0.2) is 0 Å². The highest BCUT2D eigenvalue weighted by molar-refractivity contribution is 5.64. The van der Waals surface area contributed by atoms with Gasteiger partial charge in [-0.25, -0.2) is 0 Å². The molecule has 0 saturated carbocycles. The number of rotatable bonds is 2. The van der Waals surface area contributed by atoms with Crippen LogP contribution in [0.15, 0.2) is 91.0 Å². The number of hydrogen-bond acceptors (Lipinski definition) is 1. The molecule has 4 rings (SSSR count). The van der Waals surface area contributed by atoms with Crippen LogP contribution in [0.5, 0.6) is 0 Å². The molecule has 0 aromatic heterocycles. The second-order valence-electron chi connectivity index (χ2n) is 5.97. The summed E-state index contributed by atoms with van der Waals surface area (Å²) in [5.41, 5.74) is 3.01. The molecule has 0 aliphatic heterocycles. The first kappa shape index (κ1) is 14.0. The summed E-state index contributed by atoms with van der Waals surface area (Å²) in [6.45, 7) is 0. The minimum absolute atomic E-state index is 0.110. The lowest BCUT2D eigenvalue weighted by Gasteiger charge is -2.39. The van der Waals surface area contributed by atoms with Crippen molar-refractivity contribution in [3.8, 4) is 0 Å². The monoisotopic (exact) mass is 298 g/mol. The van der Waals surface area contributed by atoms with Gasteiger partial charge in [0.05, 0.1) is 0 Å². The molecule has 112 valence electrons. The minimum atomic E-state index is -1.06. The zero-order valence-electron chi connectivity index (χ0n) is 12.8. The molecule has 23 heavy (non-hydrogen) atoms. The van der Waals surface area contributed by atoms with Gasteiger partial charge in [0, 0.05) is 5.92 Å². The second kappa shape index (κ2) is 5.53. The van der Waals surface area contributed by atoms with Gasteiger partial charge in [-0.3, -0.25) is 0 Å². The van der Waals surface area contributed by atoms with Gasteiger partial charge in [0.25, 0.3) is 0 Å². The van der Waals surface area contributed by atoms with E-state index in [4.69, 9.17) is 0 Å². The highest BCUT2D eigenvalue weighted by Crippen LogP contribution is 2.47. The Bertz CT molecular complexity index is 836. The van der Waals surface area contributed by atoms with Crippen LogP contribution in [0.3, 0.4) is 0 Å². The molecule has 1 aliphatic carbocycles. The highest BCUT2D eigenvalue weighted by atomic mass is 16.3. The van der Waals surface area contributed by atoms with Gasteiger partial charge >= 0.3 is 0 Å². The molecule has 3 aromatic rings. The molecule has 0 heterocycles. The fraction of sp³-hybridized carbons (Fsp3) is 0.0909. The molecule has 1 nitrogen and oxygen atoms in total. The predicted octanol–water partition coefficient (Wildman–Crippen LogP) is 4.73. The number of fused-ring (bicyclic) bond motifs is 1. The van der Waals surface area contributed by atoms with Crippen LogP contribution in [0.25, 0.3) is 6.08 Å². The van der Waals surface area contributed by atoms with Crippen LogP contribution in [-0.4, -0.2) is 5.11 Å². The first-order valence-corrected chi connectivity index (χ1v) is 7.91. The van der Waals surface area contributed by atoms with Crippen molar-refractivity contribution in [2.75, 3.05) is 0 Å². The minimum Gasteiger partial charge on any atom is -0.379 e. The Hall–Kier alpha value is -2.64. The van der Waals surface area contributed by atoms with E-state index in [-0.39, 0.29) is 5.92 Å². The van der Waals surface area contributed by atoms with Gasteiger partial charge in [-0.1, -0.05) is 97.1 Å². The molecule has 0 fully saturated rings. The Morgan fingerprint density at radius 3 is 2.04 bits per heavy atom. The van der Waals surface area contributed by atoms with Crippen molar-refractivity contribution in [1.82, 2.24) is 0 Å². The average molecular weight is 298 g/mol. The summed E-state index contributed by atoms with van der Waals surface area (Å²) >= 11 is 0. The van der Waals surface area contributed by atoms with Gasteiger partial charge in [-0.15, -0.1) is 0 Å². The summed E-state index contributed by atoms with van der Waals surface area (Å²) < 4.78 is 0. The lowest BCUT2D eigenvalue weighted by Crippen LogP contribution is -2.36. The van der Waals surface area contributed by atoms with Crippen LogP contribution < -0.4 is 0 Å². The number of benzene rings is 3. The first-order chi connectivity index (χ1) is 11.3. The van der Waals surface area contributed by atoms with Crippen molar-refractivity contribution in [2.24, 2.45) is 0 Å². The second-order valence-corrected chi connectivity index (χ2v) is 5.97. The van der Waals surface area contributed by atoms with Crippen molar-refractivity contribution < 1.29 is 5.11 Å². The summed E-state index contributed by atoms with van der Waals surface area (Å²) in [5, 5.41) is 11.9. The summed E-state index contributed by atoms with van der Waals surface area (Å²) in [6, 6.07) is 28.3. The van der Waals surface area contributed by atoms with Crippen LogP contribution in [0, 0.1) is 0 Å². The third kappa shape index (κ3) is 2.21. The Kier molecular flexibility index (Phi) is 3.36. The highest BCUT2D eigenvalue weighted by Gasteiger charge is 2.42. The zero-order valence-corrected chi connectivity index (χ0v) is 12.8. The molecule has 0 saturated heterocycles. The molecule has 2 atom stereocenters. The fourth-order valence-electron chi connectivity index (χ4n) is 3.54. The lowest BCUT2D eigenvalue weighted by molar-refractivity contribution is 0.0635. The van der Waals surface area contributed by atoms with E-state index in [2.05, 4.69) is 30.4 Å². The molecule has 0 spiro atoms. The van der Waals surface area contributed by atoms with Gasteiger partial charge in [0.1, 0.15) is 5.60 Å². The molecule has 0 amide bonds. The Morgan fingerprint density at radius 1 is 0.696 bits per heavy atom. The summed E-state index contributed by atoms with van der Waals surface area (Å²) in [4.78, 5) is 0. The Labute approximate surface area is 136 Å². The van der Waals surface area contributed by atoms with Gasteiger partial charge in [-0.05, 0) is 22.3 Å². The van der Waals surface area contributed by atoms with E-state index < -0.39 is 5.60 Å². The fourth-order valence-corrected chi connectivity index (χ4v) is 3.54. The SMILES string of the molecule is O[C@]1(c2ccccc2)c2ccccc2C=C[C@@H]1c1ccccc1. The van der Waals surface area contributed by atoms with Crippen molar-refractivity contribution in [1.29, 1.82) is 0 Å². The van der Waals surface area contributed by atoms with Crippen LogP contribution in [0.2, 0.25) is 0 Å². The van der Waals surface area contributed by atoms with Gasteiger partial charge in [0.2, 0.25) is 0 Å². The topological polar surface area (TPSA) is 20.2 Å². The maximum absolute atomic E-state index is 11.9. The molecule has 0 bridgehead atoms. The molecule has 3 aromatic carbocycles. The van der Waals surface area contributed by atoms with Crippen LogP contribution in [0.4, 0.5) is 0 Å². The smallest absolute Gasteiger partial charge is 0.125 e. The average Bonchev–Trinajstić information content (AvgIpc) is 2.64. The summed E-state index contributed by atoms with van der Waals surface area (Å²) in [5.74, 6) is -0.110. The number of hydrogen-bond donors (Lipinski definition) is 1. The largest absolute Gasteiger partial charge is 0.379 e. The van der Waals surface area contributed by atoms with Crippen molar-refractivity contribution in [3.63, 3.8) is 0 Å². The van der Waals surface area contributed by atoms with Crippen molar-refractivity contribution in [2.45, 2.75) is 11.5 Å². The quantitative estimate of drug-likeness (QED) is 0.725. The predicted molar refractivity (Wildman–Crippen MR) is 94.1 cm³/mol. The molecule has 1 heteroatoms. The van der Waals surface area contributed by atoms with Crippen LogP contribution in [0.1, 0.15) is 28.2 Å². The van der Waals surface area contributed by atoms with E-state index in [9.17, 15) is 5.11 Å². The molecule has 0 unspecified atom stereocenters. The van der Waals surface area contributed by atoms with Crippen molar-refractivity contribution in [3.05, 3.63) is 113 Å². The lowest BCUT2D eigenvalue weighted by atomic mass is 9.69. The van der Waals surface area contributed by atoms with Gasteiger partial charge < -0.3 is 5.11 Å².